The Morgan fingerprint density at radius 1 is 0.650 bits per heavy atom. The summed E-state index contributed by atoms with van der Waals surface area (Å²) in [7, 11) is 0. The molecule has 0 N–H and O–H groups in total. The zero-order chi connectivity index (χ0) is 13.6. The van der Waals surface area contributed by atoms with Gasteiger partial charge in [0, 0.05) is 0 Å². The fourth-order valence-electron chi connectivity index (χ4n) is 1.68. The van der Waals surface area contributed by atoms with Crippen LogP contribution in [0.4, 0.5) is 11.4 Å². The van der Waals surface area contributed by atoms with Crippen LogP contribution in [0.2, 0.25) is 0 Å². The molecule has 0 aliphatic rings. The van der Waals surface area contributed by atoms with Crippen molar-refractivity contribution in [3.05, 3.63) is 72.6 Å². The van der Waals surface area contributed by atoms with Gasteiger partial charge in [0.25, 0.3) is 0 Å². The lowest BCUT2D eigenvalue weighted by Crippen LogP contribution is -1.77. The standard InChI is InChI=1S/C16H12N2O2/c1-2-8-16(18-12-14-6-4-10-20-14)15(7-1)17-11-13-5-3-9-19-13/h1-12H/b17-11-,18-12+. The Morgan fingerprint density at radius 3 is 1.55 bits per heavy atom. The van der Waals surface area contributed by atoms with Crippen LogP contribution in [0.15, 0.2) is 79.9 Å². The van der Waals surface area contributed by atoms with Crippen molar-refractivity contribution >= 4 is 23.8 Å². The van der Waals surface area contributed by atoms with Gasteiger partial charge in [-0.2, -0.15) is 0 Å². The van der Waals surface area contributed by atoms with Crippen molar-refractivity contribution in [2.24, 2.45) is 9.98 Å². The van der Waals surface area contributed by atoms with Crippen molar-refractivity contribution in [2.75, 3.05) is 0 Å². The first-order valence-corrected chi connectivity index (χ1v) is 6.16. The highest BCUT2D eigenvalue weighted by atomic mass is 16.3. The minimum absolute atomic E-state index is 0.704. The molecular weight excluding hydrogens is 252 g/mol. The predicted octanol–water partition coefficient (Wildman–Crippen LogP) is 4.37. The first-order chi connectivity index (χ1) is 9.92. The van der Waals surface area contributed by atoms with E-state index in [-0.39, 0.29) is 0 Å². The summed E-state index contributed by atoms with van der Waals surface area (Å²) in [4.78, 5) is 8.77. The quantitative estimate of drug-likeness (QED) is 0.657. The Bertz CT molecular complexity index is 648. The minimum Gasteiger partial charge on any atom is -0.463 e. The third-order valence-electron chi connectivity index (χ3n) is 2.63. The van der Waals surface area contributed by atoms with Crippen LogP contribution in [0, 0.1) is 0 Å². The topological polar surface area (TPSA) is 51.0 Å². The summed E-state index contributed by atoms with van der Waals surface area (Å²) in [6.07, 6.45) is 6.56. The van der Waals surface area contributed by atoms with Crippen LogP contribution in [0.5, 0.6) is 0 Å². The third kappa shape index (κ3) is 2.92. The number of aliphatic imine (C=N–C) groups is 2. The van der Waals surface area contributed by atoms with Crippen molar-refractivity contribution in [3.8, 4) is 0 Å². The summed E-state index contributed by atoms with van der Waals surface area (Å²) < 4.78 is 10.4. The summed E-state index contributed by atoms with van der Waals surface area (Å²) >= 11 is 0. The number of rotatable bonds is 4. The fourth-order valence-corrected chi connectivity index (χ4v) is 1.68. The van der Waals surface area contributed by atoms with E-state index in [4.69, 9.17) is 8.83 Å². The SMILES string of the molecule is C(=N/c1ccccc1/N=C/c1ccco1)/c1ccco1. The first kappa shape index (κ1) is 12.2. The zero-order valence-corrected chi connectivity index (χ0v) is 10.6. The number of benzene rings is 1. The van der Waals surface area contributed by atoms with Gasteiger partial charge in [0.2, 0.25) is 0 Å². The molecule has 0 aliphatic heterocycles. The molecule has 3 rings (SSSR count). The van der Waals surface area contributed by atoms with E-state index in [0.29, 0.717) is 11.5 Å². The molecule has 0 unspecified atom stereocenters. The zero-order valence-electron chi connectivity index (χ0n) is 10.6. The van der Waals surface area contributed by atoms with Gasteiger partial charge in [-0.1, -0.05) is 12.1 Å². The molecule has 0 bridgehead atoms. The Kier molecular flexibility index (Phi) is 3.55. The van der Waals surface area contributed by atoms with Crippen molar-refractivity contribution in [1.82, 2.24) is 0 Å². The number of furan rings is 2. The smallest absolute Gasteiger partial charge is 0.144 e. The second-order valence-corrected chi connectivity index (χ2v) is 4.04. The predicted molar refractivity (Wildman–Crippen MR) is 78.4 cm³/mol. The molecule has 0 amide bonds. The van der Waals surface area contributed by atoms with Gasteiger partial charge in [0.05, 0.1) is 36.3 Å². The van der Waals surface area contributed by atoms with Crippen LogP contribution in [-0.4, -0.2) is 12.4 Å². The lowest BCUT2D eigenvalue weighted by Gasteiger charge is -1.98. The van der Waals surface area contributed by atoms with E-state index in [1.807, 2.05) is 48.5 Å². The summed E-state index contributed by atoms with van der Waals surface area (Å²) in [6, 6.07) is 15.0. The third-order valence-corrected chi connectivity index (χ3v) is 2.63. The van der Waals surface area contributed by atoms with E-state index in [0.717, 1.165) is 11.4 Å². The van der Waals surface area contributed by atoms with Crippen LogP contribution in [-0.2, 0) is 0 Å². The number of nitrogens with zero attached hydrogens (tertiary/aromatic N) is 2. The Labute approximate surface area is 116 Å². The highest BCUT2D eigenvalue weighted by Crippen LogP contribution is 2.27. The molecule has 2 heterocycles. The maximum atomic E-state index is 5.21. The van der Waals surface area contributed by atoms with Crippen molar-refractivity contribution < 1.29 is 8.83 Å². The van der Waals surface area contributed by atoms with Gasteiger partial charge in [-0.3, -0.25) is 9.98 Å². The Balaban J connectivity index is 1.85. The summed E-state index contributed by atoms with van der Waals surface area (Å²) in [5, 5.41) is 0. The molecule has 20 heavy (non-hydrogen) atoms. The summed E-state index contributed by atoms with van der Waals surface area (Å²) in [5.74, 6) is 1.41. The normalized spacial score (nSPS) is 11.6. The number of para-hydroxylation sites is 2. The largest absolute Gasteiger partial charge is 0.463 e. The van der Waals surface area contributed by atoms with Crippen molar-refractivity contribution in [3.63, 3.8) is 0 Å². The fraction of sp³-hybridized carbons (Fsp3) is 0. The van der Waals surface area contributed by atoms with E-state index >= 15 is 0 Å². The van der Waals surface area contributed by atoms with Gasteiger partial charge in [-0.25, -0.2) is 0 Å². The molecule has 2 aromatic heterocycles. The van der Waals surface area contributed by atoms with Gasteiger partial charge >= 0.3 is 0 Å². The number of hydrogen-bond donors (Lipinski definition) is 0. The highest BCUT2D eigenvalue weighted by molar-refractivity contribution is 5.84. The number of hydrogen-bond acceptors (Lipinski definition) is 4. The van der Waals surface area contributed by atoms with Gasteiger partial charge < -0.3 is 8.83 Å². The van der Waals surface area contributed by atoms with Crippen molar-refractivity contribution in [1.29, 1.82) is 0 Å². The van der Waals surface area contributed by atoms with Crippen molar-refractivity contribution in [2.45, 2.75) is 0 Å². The second kappa shape index (κ2) is 5.84. The van der Waals surface area contributed by atoms with E-state index in [1.165, 1.54) is 0 Å². The average molecular weight is 264 g/mol. The summed E-state index contributed by atoms with van der Waals surface area (Å²) in [6.45, 7) is 0. The molecule has 0 fully saturated rings. The molecule has 0 spiro atoms. The highest BCUT2D eigenvalue weighted by Gasteiger charge is 1.98. The van der Waals surface area contributed by atoms with Gasteiger partial charge in [0.1, 0.15) is 11.5 Å². The molecule has 3 aromatic rings. The second-order valence-electron chi connectivity index (χ2n) is 4.04. The molecule has 0 saturated heterocycles. The van der Waals surface area contributed by atoms with Crippen LogP contribution in [0.3, 0.4) is 0 Å². The molecule has 0 saturated carbocycles. The lowest BCUT2D eigenvalue weighted by atomic mass is 10.3. The van der Waals surface area contributed by atoms with Crippen LogP contribution in [0.1, 0.15) is 11.5 Å². The first-order valence-electron chi connectivity index (χ1n) is 6.16. The maximum Gasteiger partial charge on any atom is 0.144 e. The minimum atomic E-state index is 0.704. The molecule has 98 valence electrons. The molecule has 0 aliphatic carbocycles. The monoisotopic (exact) mass is 264 g/mol. The van der Waals surface area contributed by atoms with Crippen LogP contribution in [0.25, 0.3) is 0 Å². The van der Waals surface area contributed by atoms with E-state index in [1.54, 1.807) is 25.0 Å². The summed E-state index contributed by atoms with van der Waals surface area (Å²) in [5.41, 5.74) is 1.54. The Hall–Kier alpha value is -2.88. The molecule has 0 radical (unpaired) electrons. The maximum absolute atomic E-state index is 5.21. The molecular formula is C16H12N2O2. The molecule has 4 nitrogen and oxygen atoms in total. The van der Waals surface area contributed by atoms with Gasteiger partial charge in [-0.05, 0) is 36.4 Å². The molecule has 0 atom stereocenters. The molecule has 4 heteroatoms. The molecule has 1 aromatic carbocycles. The van der Waals surface area contributed by atoms with Gasteiger partial charge in [0.15, 0.2) is 0 Å². The van der Waals surface area contributed by atoms with E-state index in [2.05, 4.69) is 9.98 Å². The van der Waals surface area contributed by atoms with Crippen LogP contribution >= 0.6 is 0 Å². The van der Waals surface area contributed by atoms with E-state index < -0.39 is 0 Å². The average Bonchev–Trinajstić information content (AvgIpc) is 3.17. The van der Waals surface area contributed by atoms with E-state index in [9.17, 15) is 0 Å². The van der Waals surface area contributed by atoms with Gasteiger partial charge in [-0.15, -0.1) is 0 Å². The Morgan fingerprint density at radius 2 is 1.15 bits per heavy atom. The lowest BCUT2D eigenvalue weighted by molar-refractivity contribution is 0.560. The van der Waals surface area contributed by atoms with Crippen LogP contribution < -0.4 is 0 Å².